The van der Waals surface area contributed by atoms with E-state index >= 15 is 0 Å². The fourth-order valence-electron chi connectivity index (χ4n) is 3.12. The summed E-state index contributed by atoms with van der Waals surface area (Å²) in [5, 5.41) is 0. The van der Waals surface area contributed by atoms with Crippen LogP contribution in [-0.2, 0) is 0 Å². The first-order valence-electron chi connectivity index (χ1n) is 9.98. The second kappa shape index (κ2) is 10.3. The van der Waals surface area contributed by atoms with Crippen LogP contribution >= 0.6 is 0 Å². The van der Waals surface area contributed by atoms with E-state index in [2.05, 4.69) is 0 Å². The van der Waals surface area contributed by atoms with Gasteiger partial charge in [-0.05, 0) is 25.1 Å². The van der Waals surface area contributed by atoms with Crippen molar-refractivity contribution in [3.8, 4) is 5.75 Å². The summed E-state index contributed by atoms with van der Waals surface area (Å²) in [5.41, 5.74) is 1.29. The van der Waals surface area contributed by atoms with Crippen molar-refractivity contribution in [3.05, 3.63) is 101 Å². The molecule has 156 valence electrons. The van der Waals surface area contributed by atoms with Gasteiger partial charge in [-0.15, -0.1) is 0 Å². The Morgan fingerprint density at radius 3 is 1.35 bits per heavy atom. The van der Waals surface area contributed by atoms with Crippen molar-refractivity contribution >= 4 is 23.1 Å². The van der Waals surface area contributed by atoms with E-state index in [1.54, 1.807) is 67.6 Å². The summed E-state index contributed by atoms with van der Waals surface area (Å²) < 4.78 is 5.49. The third-order valence-corrected chi connectivity index (χ3v) is 4.70. The van der Waals surface area contributed by atoms with Crippen LogP contribution in [-0.4, -0.2) is 29.7 Å². The average molecular weight is 414 g/mol. The van der Waals surface area contributed by atoms with E-state index in [0.717, 1.165) is 0 Å². The molecule has 0 N–H and O–H groups in total. The van der Waals surface area contributed by atoms with Gasteiger partial charge in [0.05, 0.1) is 19.4 Å². The summed E-state index contributed by atoms with van der Waals surface area (Å²) >= 11 is 0. The number of ether oxygens (including phenoxy) is 1. The molecule has 0 heterocycles. The number of hydrogen-bond acceptors (Lipinski definition) is 5. The highest BCUT2D eigenvalue weighted by Gasteiger charge is 2.19. The maximum Gasteiger partial charge on any atom is 0.170 e. The lowest BCUT2D eigenvalue weighted by Crippen LogP contribution is -2.12. The molecule has 0 spiro atoms. The molecule has 5 nitrogen and oxygen atoms in total. The third-order valence-electron chi connectivity index (χ3n) is 4.70. The number of benzene rings is 3. The van der Waals surface area contributed by atoms with E-state index in [4.69, 9.17) is 4.74 Å². The lowest BCUT2D eigenvalue weighted by Gasteiger charge is -2.10. The van der Waals surface area contributed by atoms with Crippen LogP contribution in [0.25, 0.3) is 0 Å². The standard InChI is InChI=1S/C26H22O5/c1-2-31-22-14-20(25(29)16-23(27)18-9-5-3-6-10-18)13-21(15-22)26(30)17-24(28)19-11-7-4-8-12-19/h3-15H,2,16-17H2,1H3. The molecule has 0 unspecified atom stereocenters. The molecule has 0 aliphatic carbocycles. The van der Waals surface area contributed by atoms with Gasteiger partial charge >= 0.3 is 0 Å². The number of Topliss-reactive ketones (excluding diaryl/α,β-unsaturated/α-hetero) is 4. The molecular weight excluding hydrogens is 392 g/mol. The Bertz CT molecular complexity index is 1020. The molecule has 0 aliphatic rings. The molecule has 0 amide bonds. The topological polar surface area (TPSA) is 77.5 Å². The fourth-order valence-corrected chi connectivity index (χ4v) is 3.12. The van der Waals surface area contributed by atoms with E-state index in [-0.39, 0.29) is 35.5 Å². The Balaban J connectivity index is 1.81. The van der Waals surface area contributed by atoms with Crippen LogP contribution in [0.1, 0.15) is 61.2 Å². The Morgan fingerprint density at radius 1 is 0.581 bits per heavy atom. The molecule has 0 saturated carbocycles. The molecule has 0 radical (unpaired) electrons. The number of carbonyl (C=O) groups excluding carboxylic acids is 4. The zero-order valence-electron chi connectivity index (χ0n) is 17.2. The summed E-state index contributed by atoms with van der Waals surface area (Å²) in [5.74, 6) is -1.10. The molecule has 3 aromatic carbocycles. The Hall–Kier alpha value is -3.86. The predicted molar refractivity (Wildman–Crippen MR) is 117 cm³/mol. The molecule has 3 rings (SSSR count). The lowest BCUT2D eigenvalue weighted by molar-refractivity contribution is 0.0882. The quantitative estimate of drug-likeness (QED) is 0.345. The summed E-state index contributed by atoms with van der Waals surface area (Å²) in [6, 6.07) is 21.5. The molecule has 0 bridgehead atoms. The van der Waals surface area contributed by atoms with Crippen LogP contribution in [0.2, 0.25) is 0 Å². The predicted octanol–water partition coefficient (Wildman–Crippen LogP) is 5.00. The van der Waals surface area contributed by atoms with Crippen LogP contribution in [0.4, 0.5) is 0 Å². The van der Waals surface area contributed by atoms with Crippen molar-refractivity contribution in [1.82, 2.24) is 0 Å². The highest BCUT2D eigenvalue weighted by Crippen LogP contribution is 2.21. The van der Waals surface area contributed by atoms with Crippen molar-refractivity contribution in [2.24, 2.45) is 0 Å². The zero-order chi connectivity index (χ0) is 22.2. The third kappa shape index (κ3) is 5.82. The summed E-state index contributed by atoms with van der Waals surface area (Å²) in [6.45, 7) is 2.13. The van der Waals surface area contributed by atoms with Crippen LogP contribution < -0.4 is 4.74 Å². The molecule has 0 aliphatic heterocycles. The van der Waals surface area contributed by atoms with Crippen molar-refractivity contribution in [2.45, 2.75) is 19.8 Å². The first-order valence-corrected chi connectivity index (χ1v) is 9.98. The average Bonchev–Trinajstić information content (AvgIpc) is 2.80. The van der Waals surface area contributed by atoms with E-state index in [0.29, 0.717) is 23.5 Å². The number of hydrogen-bond donors (Lipinski definition) is 0. The summed E-state index contributed by atoms with van der Waals surface area (Å²) in [4.78, 5) is 50.3. The molecule has 3 aromatic rings. The minimum absolute atomic E-state index is 0.200. The number of carbonyl (C=O) groups is 4. The SMILES string of the molecule is CCOc1cc(C(=O)CC(=O)c2ccccc2)cc(C(=O)CC(=O)c2ccccc2)c1. The second-order valence-electron chi connectivity index (χ2n) is 6.96. The van der Waals surface area contributed by atoms with Gasteiger partial charge in [-0.1, -0.05) is 60.7 Å². The number of rotatable bonds is 10. The van der Waals surface area contributed by atoms with Gasteiger partial charge in [0, 0.05) is 22.3 Å². The van der Waals surface area contributed by atoms with Gasteiger partial charge in [-0.3, -0.25) is 19.2 Å². The van der Waals surface area contributed by atoms with Gasteiger partial charge in [0.1, 0.15) is 5.75 Å². The van der Waals surface area contributed by atoms with E-state index in [1.807, 2.05) is 0 Å². The summed E-state index contributed by atoms with van der Waals surface area (Å²) in [7, 11) is 0. The van der Waals surface area contributed by atoms with E-state index in [1.165, 1.54) is 18.2 Å². The molecule has 0 aromatic heterocycles. The molecule has 0 saturated heterocycles. The normalized spacial score (nSPS) is 10.4. The Kier molecular flexibility index (Phi) is 7.22. The molecular formula is C26H22O5. The highest BCUT2D eigenvalue weighted by molar-refractivity contribution is 6.16. The van der Waals surface area contributed by atoms with Crippen LogP contribution in [0.15, 0.2) is 78.9 Å². The Morgan fingerprint density at radius 2 is 0.968 bits per heavy atom. The Labute approximate surface area is 180 Å². The highest BCUT2D eigenvalue weighted by atomic mass is 16.5. The van der Waals surface area contributed by atoms with Gasteiger partial charge in [0.2, 0.25) is 0 Å². The van der Waals surface area contributed by atoms with Crippen LogP contribution in [0.5, 0.6) is 5.75 Å². The molecule has 0 fully saturated rings. The minimum Gasteiger partial charge on any atom is -0.494 e. The van der Waals surface area contributed by atoms with Crippen LogP contribution in [0, 0.1) is 0 Å². The van der Waals surface area contributed by atoms with Gasteiger partial charge in [-0.2, -0.15) is 0 Å². The molecule has 31 heavy (non-hydrogen) atoms. The smallest absolute Gasteiger partial charge is 0.170 e. The lowest BCUT2D eigenvalue weighted by atomic mass is 9.96. The van der Waals surface area contributed by atoms with Gasteiger partial charge < -0.3 is 4.74 Å². The van der Waals surface area contributed by atoms with Crippen molar-refractivity contribution < 1.29 is 23.9 Å². The monoisotopic (exact) mass is 414 g/mol. The first kappa shape index (κ1) is 21.8. The minimum atomic E-state index is -0.418. The zero-order valence-corrected chi connectivity index (χ0v) is 17.2. The summed E-state index contributed by atoms with van der Waals surface area (Å²) in [6.07, 6.45) is -0.646. The largest absolute Gasteiger partial charge is 0.494 e. The van der Waals surface area contributed by atoms with Gasteiger partial charge in [-0.25, -0.2) is 0 Å². The maximum absolute atomic E-state index is 12.7. The maximum atomic E-state index is 12.7. The van der Waals surface area contributed by atoms with Gasteiger partial charge in [0.15, 0.2) is 23.1 Å². The van der Waals surface area contributed by atoms with Crippen molar-refractivity contribution in [3.63, 3.8) is 0 Å². The first-order chi connectivity index (χ1) is 15.0. The molecule has 5 heteroatoms. The van der Waals surface area contributed by atoms with Crippen molar-refractivity contribution in [1.29, 1.82) is 0 Å². The fraction of sp³-hybridized carbons (Fsp3) is 0.154. The van der Waals surface area contributed by atoms with E-state index in [9.17, 15) is 19.2 Å². The molecule has 0 atom stereocenters. The van der Waals surface area contributed by atoms with E-state index < -0.39 is 11.6 Å². The van der Waals surface area contributed by atoms with Gasteiger partial charge in [0.25, 0.3) is 0 Å². The second-order valence-corrected chi connectivity index (χ2v) is 6.96. The van der Waals surface area contributed by atoms with Crippen molar-refractivity contribution in [2.75, 3.05) is 6.61 Å². The number of ketones is 4. The van der Waals surface area contributed by atoms with Crippen LogP contribution in [0.3, 0.4) is 0 Å².